The lowest BCUT2D eigenvalue weighted by Gasteiger charge is -2.40. The fourth-order valence-electron chi connectivity index (χ4n) is 1.98. The Bertz CT molecular complexity index is 233. The molecule has 1 fully saturated rings. The molecule has 0 saturated carbocycles. The number of nitrogens with one attached hydrogen (secondary N) is 1. The summed E-state index contributed by atoms with van der Waals surface area (Å²) in [6.07, 6.45) is -4.52. The zero-order valence-corrected chi connectivity index (χ0v) is 10.5. The van der Waals surface area contributed by atoms with Gasteiger partial charge in [-0.25, -0.2) is 0 Å². The Balaban J connectivity index is 2.35. The second kappa shape index (κ2) is 6.02. The standard InChI is InChI=1S/C11H21F3N2O/c1-8(2)10-7-16(9(3)6-15-10)4-5-17-11(12,13)14/h8-10,15H,4-7H2,1-3H3. The molecule has 1 heterocycles. The first kappa shape index (κ1) is 14.7. The Kier molecular flexibility index (Phi) is 5.22. The molecular formula is C11H21F3N2O. The molecule has 0 aromatic carbocycles. The molecule has 1 aliphatic rings. The highest BCUT2D eigenvalue weighted by Crippen LogP contribution is 2.17. The Morgan fingerprint density at radius 2 is 2.06 bits per heavy atom. The minimum atomic E-state index is -4.52. The molecule has 2 unspecified atom stereocenters. The molecule has 17 heavy (non-hydrogen) atoms. The number of nitrogens with zero attached hydrogens (tertiary/aromatic N) is 1. The summed E-state index contributed by atoms with van der Waals surface area (Å²) < 4.78 is 39.4. The number of rotatable bonds is 4. The van der Waals surface area contributed by atoms with Gasteiger partial charge in [-0.2, -0.15) is 0 Å². The first-order valence-electron chi connectivity index (χ1n) is 5.97. The van der Waals surface area contributed by atoms with Crippen LogP contribution in [0, 0.1) is 5.92 Å². The number of ether oxygens (including phenoxy) is 1. The molecule has 0 aromatic rings. The Hall–Kier alpha value is -0.330. The van der Waals surface area contributed by atoms with Crippen molar-refractivity contribution in [1.82, 2.24) is 10.2 Å². The van der Waals surface area contributed by atoms with Crippen molar-refractivity contribution in [2.24, 2.45) is 5.92 Å². The third kappa shape index (κ3) is 5.23. The lowest BCUT2D eigenvalue weighted by Crippen LogP contribution is -2.57. The van der Waals surface area contributed by atoms with Gasteiger partial charge in [-0.05, 0) is 12.8 Å². The van der Waals surface area contributed by atoms with Crippen LogP contribution >= 0.6 is 0 Å². The summed E-state index contributed by atoms with van der Waals surface area (Å²) in [6, 6.07) is 0.596. The first-order valence-corrected chi connectivity index (χ1v) is 5.97. The zero-order chi connectivity index (χ0) is 13.1. The van der Waals surface area contributed by atoms with Gasteiger partial charge in [0.1, 0.15) is 0 Å². The van der Waals surface area contributed by atoms with Crippen molar-refractivity contribution < 1.29 is 17.9 Å². The second-order valence-electron chi connectivity index (χ2n) is 4.90. The van der Waals surface area contributed by atoms with Crippen LogP contribution in [0.15, 0.2) is 0 Å². The van der Waals surface area contributed by atoms with Crippen LogP contribution in [0.5, 0.6) is 0 Å². The zero-order valence-electron chi connectivity index (χ0n) is 10.5. The van der Waals surface area contributed by atoms with E-state index in [1.54, 1.807) is 0 Å². The van der Waals surface area contributed by atoms with E-state index >= 15 is 0 Å². The highest BCUT2D eigenvalue weighted by atomic mass is 19.4. The number of piperazine rings is 1. The Morgan fingerprint density at radius 3 is 2.59 bits per heavy atom. The quantitative estimate of drug-likeness (QED) is 0.828. The van der Waals surface area contributed by atoms with E-state index in [1.807, 2.05) is 11.8 Å². The molecule has 0 aliphatic carbocycles. The maximum absolute atomic E-state index is 11.9. The maximum Gasteiger partial charge on any atom is 0.522 e. The van der Waals surface area contributed by atoms with E-state index in [-0.39, 0.29) is 12.6 Å². The highest BCUT2D eigenvalue weighted by molar-refractivity contribution is 4.85. The van der Waals surface area contributed by atoms with Crippen molar-refractivity contribution in [1.29, 1.82) is 0 Å². The SMILES string of the molecule is CC(C)C1CN(CCOC(F)(F)F)C(C)CN1. The van der Waals surface area contributed by atoms with Gasteiger partial charge in [0, 0.05) is 31.7 Å². The summed E-state index contributed by atoms with van der Waals surface area (Å²) in [5, 5.41) is 3.40. The van der Waals surface area contributed by atoms with Crippen LogP contribution in [-0.4, -0.2) is 49.6 Å². The van der Waals surface area contributed by atoms with Crippen LogP contribution < -0.4 is 5.32 Å². The van der Waals surface area contributed by atoms with Crippen molar-refractivity contribution in [3.8, 4) is 0 Å². The molecule has 0 aromatic heterocycles. The molecule has 102 valence electrons. The van der Waals surface area contributed by atoms with E-state index in [1.165, 1.54) is 0 Å². The van der Waals surface area contributed by atoms with Gasteiger partial charge in [0.2, 0.25) is 0 Å². The molecular weight excluding hydrogens is 233 g/mol. The summed E-state index contributed by atoms with van der Waals surface area (Å²) in [6.45, 7) is 7.85. The van der Waals surface area contributed by atoms with Crippen LogP contribution in [0.2, 0.25) is 0 Å². The van der Waals surface area contributed by atoms with E-state index in [0.29, 0.717) is 18.5 Å². The van der Waals surface area contributed by atoms with Crippen molar-refractivity contribution in [2.45, 2.75) is 39.2 Å². The first-order chi connectivity index (χ1) is 7.79. The predicted molar refractivity (Wildman–Crippen MR) is 59.7 cm³/mol. The monoisotopic (exact) mass is 254 g/mol. The molecule has 1 N–H and O–H groups in total. The van der Waals surface area contributed by atoms with E-state index in [9.17, 15) is 13.2 Å². The minimum absolute atomic E-state index is 0.252. The van der Waals surface area contributed by atoms with Gasteiger partial charge in [-0.3, -0.25) is 9.64 Å². The third-order valence-corrected chi connectivity index (χ3v) is 3.18. The maximum atomic E-state index is 11.9. The van der Waals surface area contributed by atoms with Gasteiger partial charge in [0.15, 0.2) is 0 Å². The summed E-state index contributed by atoms with van der Waals surface area (Å²) in [7, 11) is 0. The topological polar surface area (TPSA) is 24.5 Å². The number of alkyl halides is 3. The van der Waals surface area contributed by atoms with Gasteiger partial charge < -0.3 is 5.32 Å². The van der Waals surface area contributed by atoms with Gasteiger partial charge in [-0.1, -0.05) is 13.8 Å². The lowest BCUT2D eigenvalue weighted by atomic mass is 10.00. The predicted octanol–water partition coefficient (Wildman–Crippen LogP) is 1.84. The summed E-state index contributed by atoms with van der Waals surface area (Å²) in [4.78, 5) is 2.05. The molecule has 1 rings (SSSR count). The van der Waals surface area contributed by atoms with Crippen molar-refractivity contribution >= 4 is 0 Å². The average molecular weight is 254 g/mol. The normalized spacial score (nSPS) is 27.7. The number of halogens is 3. The van der Waals surface area contributed by atoms with Crippen LogP contribution in [0.4, 0.5) is 13.2 Å². The fourth-order valence-corrected chi connectivity index (χ4v) is 1.98. The van der Waals surface area contributed by atoms with Crippen LogP contribution in [0.1, 0.15) is 20.8 Å². The van der Waals surface area contributed by atoms with Crippen molar-refractivity contribution in [3.63, 3.8) is 0 Å². The summed E-state index contributed by atoms with van der Waals surface area (Å²) in [5.41, 5.74) is 0. The molecule has 0 amide bonds. The number of hydrogen-bond acceptors (Lipinski definition) is 3. The summed E-state index contributed by atoms with van der Waals surface area (Å²) in [5.74, 6) is 0.480. The lowest BCUT2D eigenvalue weighted by molar-refractivity contribution is -0.325. The van der Waals surface area contributed by atoms with Gasteiger partial charge in [0.25, 0.3) is 0 Å². The van der Waals surface area contributed by atoms with E-state index in [0.717, 1.165) is 13.1 Å². The molecule has 2 atom stereocenters. The largest absolute Gasteiger partial charge is 0.522 e. The molecule has 6 heteroatoms. The van der Waals surface area contributed by atoms with Crippen LogP contribution in [-0.2, 0) is 4.74 Å². The molecule has 0 spiro atoms. The van der Waals surface area contributed by atoms with E-state index < -0.39 is 6.36 Å². The minimum Gasteiger partial charge on any atom is -0.311 e. The molecule has 1 saturated heterocycles. The second-order valence-corrected chi connectivity index (χ2v) is 4.90. The molecule has 0 radical (unpaired) electrons. The Morgan fingerprint density at radius 1 is 1.41 bits per heavy atom. The molecule has 0 bridgehead atoms. The molecule has 1 aliphatic heterocycles. The smallest absolute Gasteiger partial charge is 0.311 e. The fraction of sp³-hybridized carbons (Fsp3) is 1.00. The van der Waals surface area contributed by atoms with Gasteiger partial charge >= 0.3 is 6.36 Å². The van der Waals surface area contributed by atoms with Crippen LogP contribution in [0.3, 0.4) is 0 Å². The Labute approximate surface area is 100 Å². The number of hydrogen-bond donors (Lipinski definition) is 1. The summed E-state index contributed by atoms with van der Waals surface area (Å²) >= 11 is 0. The van der Waals surface area contributed by atoms with Gasteiger partial charge in [0.05, 0.1) is 6.61 Å². The highest BCUT2D eigenvalue weighted by Gasteiger charge is 2.31. The van der Waals surface area contributed by atoms with Crippen molar-refractivity contribution in [2.75, 3.05) is 26.2 Å². The average Bonchev–Trinajstić information content (AvgIpc) is 2.18. The third-order valence-electron chi connectivity index (χ3n) is 3.18. The molecule has 3 nitrogen and oxygen atoms in total. The van der Waals surface area contributed by atoms with Crippen LogP contribution in [0.25, 0.3) is 0 Å². The van der Waals surface area contributed by atoms with E-state index in [2.05, 4.69) is 23.9 Å². The van der Waals surface area contributed by atoms with Crippen molar-refractivity contribution in [3.05, 3.63) is 0 Å². The van der Waals surface area contributed by atoms with E-state index in [4.69, 9.17) is 0 Å². The van der Waals surface area contributed by atoms with Gasteiger partial charge in [-0.15, -0.1) is 13.2 Å².